The van der Waals surface area contributed by atoms with Crippen LogP contribution in [0.15, 0.2) is 23.1 Å². The molecule has 1 aliphatic heterocycles. The van der Waals surface area contributed by atoms with Crippen molar-refractivity contribution in [1.82, 2.24) is 9.62 Å². The molecule has 0 spiro atoms. The molecule has 1 fully saturated rings. The number of halogens is 2. The zero-order valence-electron chi connectivity index (χ0n) is 12.2. The van der Waals surface area contributed by atoms with Crippen molar-refractivity contribution in [2.24, 2.45) is 0 Å². The van der Waals surface area contributed by atoms with Gasteiger partial charge in [-0.3, -0.25) is 0 Å². The second-order valence-electron chi connectivity index (χ2n) is 4.80. The lowest BCUT2D eigenvalue weighted by Gasteiger charge is -2.24. The molecule has 0 radical (unpaired) electrons. The van der Waals surface area contributed by atoms with E-state index in [1.807, 2.05) is 0 Å². The van der Waals surface area contributed by atoms with Crippen LogP contribution in [-0.4, -0.2) is 52.0 Å². The fourth-order valence-electron chi connectivity index (χ4n) is 2.29. The molecule has 1 aromatic rings. The molecule has 0 saturated carbocycles. The van der Waals surface area contributed by atoms with Crippen molar-refractivity contribution in [3.05, 3.63) is 28.8 Å². The molecule has 6 nitrogen and oxygen atoms in total. The number of rotatable bonds is 4. The van der Waals surface area contributed by atoms with Crippen LogP contribution in [-0.2, 0) is 14.8 Å². The van der Waals surface area contributed by atoms with Gasteiger partial charge in [-0.25, -0.2) is 13.2 Å². The molecule has 9 heteroatoms. The van der Waals surface area contributed by atoms with Gasteiger partial charge in [0.25, 0.3) is 0 Å². The van der Waals surface area contributed by atoms with E-state index in [2.05, 4.69) is 10.1 Å². The average Bonchev–Trinajstić information content (AvgIpc) is 2.99. The van der Waals surface area contributed by atoms with Gasteiger partial charge in [-0.15, -0.1) is 12.4 Å². The molecule has 0 amide bonds. The fourth-order valence-corrected chi connectivity index (χ4v) is 4.11. The van der Waals surface area contributed by atoms with Gasteiger partial charge in [0.1, 0.15) is 0 Å². The monoisotopic (exact) mass is 368 g/mol. The fraction of sp³-hybridized carbons (Fsp3) is 0.462. The molecule has 2 rings (SSSR count). The van der Waals surface area contributed by atoms with Crippen LogP contribution in [0.3, 0.4) is 0 Å². The van der Waals surface area contributed by atoms with E-state index in [-0.39, 0.29) is 33.9 Å². The highest BCUT2D eigenvalue weighted by Crippen LogP contribution is 2.26. The number of carbonyl (C=O) groups excluding carboxylic acids is 1. The van der Waals surface area contributed by atoms with Crippen LogP contribution >= 0.6 is 24.0 Å². The van der Waals surface area contributed by atoms with E-state index in [0.29, 0.717) is 6.54 Å². The highest BCUT2D eigenvalue weighted by atomic mass is 35.5. The quantitative estimate of drug-likeness (QED) is 0.815. The summed E-state index contributed by atoms with van der Waals surface area (Å²) in [5, 5.41) is 3.36. The standard InChI is InChI=1S/C13H17ClN2O4S.ClH/c1-16(10-5-6-15-8-10)21(18,19)12-7-9(14)3-4-11(12)13(17)20-2;/h3-4,7,10,15H,5-6,8H2,1-2H3;1H. The zero-order chi connectivity index (χ0) is 15.6. The summed E-state index contributed by atoms with van der Waals surface area (Å²) in [5.74, 6) is -0.705. The summed E-state index contributed by atoms with van der Waals surface area (Å²) in [6.45, 7) is 1.35. The molecular weight excluding hydrogens is 351 g/mol. The minimum absolute atomic E-state index is 0. The van der Waals surface area contributed by atoms with Crippen molar-refractivity contribution in [1.29, 1.82) is 0 Å². The summed E-state index contributed by atoms with van der Waals surface area (Å²) >= 11 is 5.89. The van der Waals surface area contributed by atoms with E-state index in [4.69, 9.17) is 11.6 Å². The Labute approximate surface area is 141 Å². The van der Waals surface area contributed by atoms with Crippen LogP contribution in [0.25, 0.3) is 0 Å². The van der Waals surface area contributed by atoms with E-state index in [0.717, 1.165) is 13.0 Å². The maximum Gasteiger partial charge on any atom is 0.339 e. The zero-order valence-corrected chi connectivity index (χ0v) is 14.6. The number of carbonyl (C=O) groups is 1. The first-order valence-corrected chi connectivity index (χ1v) is 8.26. The Hall–Kier alpha value is -0.860. The van der Waals surface area contributed by atoms with Crippen LogP contribution in [0, 0.1) is 0 Å². The van der Waals surface area contributed by atoms with Crippen LogP contribution in [0.2, 0.25) is 5.02 Å². The number of hydrogen-bond donors (Lipinski definition) is 1. The van der Waals surface area contributed by atoms with Crippen LogP contribution in [0.4, 0.5) is 0 Å². The Bertz CT molecular complexity index is 645. The third-order valence-corrected chi connectivity index (χ3v) is 5.74. The first-order valence-electron chi connectivity index (χ1n) is 6.44. The lowest BCUT2D eigenvalue weighted by atomic mass is 10.2. The number of hydrogen-bond acceptors (Lipinski definition) is 5. The number of benzene rings is 1. The number of ether oxygens (including phenoxy) is 1. The number of likely N-dealkylation sites (N-methyl/N-ethyl adjacent to an activating group) is 1. The summed E-state index contributed by atoms with van der Waals surface area (Å²) in [7, 11) is -1.11. The van der Waals surface area contributed by atoms with E-state index < -0.39 is 16.0 Å². The second-order valence-corrected chi connectivity index (χ2v) is 7.20. The van der Waals surface area contributed by atoms with Gasteiger partial charge in [0.05, 0.1) is 17.6 Å². The summed E-state index contributed by atoms with van der Waals surface area (Å²) in [6, 6.07) is 3.97. The Morgan fingerprint density at radius 1 is 1.45 bits per heavy atom. The maximum atomic E-state index is 12.7. The van der Waals surface area contributed by atoms with Gasteiger partial charge in [0.15, 0.2) is 0 Å². The molecular formula is C13H18Cl2N2O4S. The number of methoxy groups -OCH3 is 1. The first-order chi connectivity index (χ1) is 9.87. The lowest BCUT2D eigenvalue weighted by Crippen LogP contribution is -2.38. The summed E-state index contributed by atoms with van der Waals surface area (Å²) in [4.78, 5) is 11.6. The van der Waals surface area contributed by atoms with Gasteiger partial charge >= 0.3 is 5.97 Å². The molecule has 1 unspecified atom stereocenters. The number of sulfonamides is 1. The summed E-state index contributed by atoms with van der Waals surface area (Å²) in [6.07, 6.45) is 0.726. The van der Waals surface area contributed by atoms with Crippen LogP contribution in [0.5, 0.6) is 0 Å². The molecule has 1 aliphatic rings. The topological polar surface area (TPSA) is 75.7 Å². The largest absolute Gasteiger partial charge is 0.465 e. The summed E-state index contributed by atoms with van der Waals surface area (Å²) < 4.78 is 31.4. The van der Waals surface area contributed by atoms with Gasteiger partial charge < -0.3 is 10.1 Å². The molecule has 0 aliphatic carbocycles. The summed E-state index contributed by atoms with van der Waals surface area (Å²) in [5.41, 5.74) is -0.0142. The molecule has 22 heavy (non-hydrogen) atoms. The maximum absolute atomic E-state index is 12.7. The highest BCUT2D eigenvalue weighted by molar-refractivity contribution is 7.89. The third-order valence-electron chi connectivity index (χ3n) is 3.55. The average molecular weight is 369 g/mol. The number of nitrogens with one attached hydrogen (secondary N) is 1. The highest BCUT2D eigenvalue weighted by Gasteiger charge is 2.33. The van der Waals surface area contributed by atoms with Gasteiger partial charge in [-0.05, 0) is 31.2 Å². The molecule has 1 heterocycles. The number of esters is 1. The molecule has 1 aromatic carbocycles. The predicted octanol–water partition coefficient (Wildman–Crippen LogP) is 1.53. The molecule has 124 valence electrons. The minimum Gasteiger partial charge on any atom is -0.465 e. The van der Waals surface area contributed by atoms with Crippen molar-refractivity contribution in [3.8, 4) is 0 Å². The number of nitrogens with zero attached hydrogens (tertiary/aromatic N) is 1. The van der Waals surface area contributed by atoms with Crippen molar-refractivity contribution < 1.29 is 17.9 Å². The Morgan fingerprint density at radius 3 is 2.68 bits per heavy atom. The third kappa shape index (κ3) is 3.72. The Morgan fingerprint density at radius 2 is 2.14 bits per heavy atom. The van der Waals surface area contributed by atoms with Gasteiger partial charge in [-0.1, -0.05) is 11.6 Å². The smallest absolute Gasteiger partial charge is 0.339 e. The predicted molar refractivity (Wildman–Crippen MR) is 86.3 cm³/mol. The SMILES string of the molecule is COC(=O)c1ccc(Cl)cc1S(=O)(=O)N(C)C1CCNC1.Cl. The molecule has 0 aromatic heterocycles. The Kier molecular flexibility index (Phi) is 6.64. The normalized spacial score (nSPS) is 18.1. The molecule has 1 saturated heterocycles. The van der Waals surface area contributed by atoms with Crippen LogP contribution < -0.4 is 5.32 Å². The second kappa shape index (κ2) is 7.61. The van der Waals surface area contributed by atoms with Crippen LogP contribution in [0.1, 0.15) is 16.8 Å². The van der Waals surface area contributed by atoms with Crippen molar-refractivity contribution in [3.63, 3.8) is 0 Å². The Balaban J connectivity index is 0.00000242. The molecule has 1 N–H and O–H groups in total. The lowest BCUT2D eigenvalue weighted by molar-refractivity contribution is 0.0596. The van der Waals surface area contributed by atoms with Gasteiger partial charge in [0, 0.05) is 24.7 Å². The minimum atomic E-state index is -3.82. The van der Waals surface area contributed by atoms with Crippen molar-refractivity contribution in [2.45, 2.75) is 17.4 Å². The van der Waals surface area contributed by atoms with Crippen molar-refractivity contribution >= 4 is 40.0 Å². The van der Waals surface area contributed by atoms with E-state index in [9.17, 15) is 13.2 Å². The van der Waals surface area contributed by atoms with Crippen molar-refractivity contribution in [2.75, 3.05) is 27.2 Å². The first kappa shape index (κ1) is 19.2. The van der Waals surface area contributed by atoms with E-state index >= 15 is 0 Å². The molecule has 1 atom stereocenters. The molecule has 0 bridgehead atoms. The van der Waals surface area contributed by atoms with E-state index in [1.54, 1.807) is 0 Å². The van der Waals surface area contributed by atoms with Gasteiger partial charge in [0.2, 0.25) is 10.0 Å². The van der Waals surface area contributed by atoms with E-state index in [1.165, 1.54) is 36.7 Å². The van der Waals surface area contributed by atoms with Gasteiger partial charge in [-0.2, -0.15) is 4.31 Å².